The van der Waals surface area contributed by atoms with Crippen LogP contribution in [0.4, 0.5) is 0 Å². The zero-order chi connectivity index (χ0) is 15.0. The highest BCUT2D eigenvalue weighted by Gasteiger charge is 2.27. The average molecular weight is 341 g/mol. The van der Waals surface area contributed by atoms with Crippen molar-refractivity contribution in [2.24, 2.45) is 18.7 Å². The van der Waals surface area contributed by atoms with Crippen LogP contribution in [-0.2, 0) is 13.6 Å². The highest BCUT2D eigenvalue weighted by atomic mass is 35.5. The van der Waals surface area contributed by atoms with Crippen LogP contribution in [0.15, 0.2) is 30.5 Å². The fourth-order valence-corrected chi connectivity index (χ4v) is 3.22. The first kappa shape index (κ1) is 17.3. The molecule has 1 aromatic heterocycles. The molecule has 2 aromatic rings. The van der Waals surface area contributed by atoms with Crippen molar-refractivity contribution in [2.45, 2.75) is 19.5 Å². The lowest BCUT2D eigenvalue weighted by molar-refractivity contribution is 0.319. The summed E-state index contributed by atoms with van der Waals surface area (Å²) in [6, 6.07) is 8.13. The van der Waals surface area contributed by atoms with Gasteiger partial charge in [-0.2, -0.15) is 5.10 Å². The standard InChI is InChI=1S/C16H21ClN4.ClH/c1-11-7-21(10-15(11)18)9-12-8-20(2)19-16(12)13-5-3-4-6-14(13)17;/h3-6,8,11,15H,7,9-10,18H2,1-2H3;1H. The SMILES string of the molecule is CC1CN(Cc2cn(C)nc2-c2ccccc2Cl)CC1N.Cl. The molecule has 3 rings (SSSR count). The van der Waals surface area contributed by atoms with E-state index in [1.54, 1.807) is 0 Å². The molecule has 0 aliphatic carbocycles. The lowest BCUT2D eigenvalue weighted by atomic mass is 10.1. The average Bonchev–Trinajstić information content (AvgIpc) is 2.94. The predicted octanol–water partition coefficient (Wildman–Crippen LogP) is 2.94. The molecule has 6 heteroatoms. The second-order valence-electron chi connectivity index (χ2n) is 5.99. The van der Waals surface area contributed by atoms with Crippen LogP contribution >= 0.6 is 24.0 Å². The van der Waals surface area contributed by atoms with Crippen molar-refractivity contribution in [3.05, 3.63) is 41.0 Å². The topological polar surface area (TPSA) is 47.1 Å². The Morgan fingerprint density at radius 1 is 1.32 bits per heavy atom. The molecule has 1 saturated heterocycles. The summed E-state index contributed by atoms with van der Waals surface area (Å²) < 4.78 is 1.85. The fraction of sp³-hybridized carbons (Fsp3) is 0.438. The Bertz CT molecular complexity index is 631. The van der Waals surface area contributed by atoms with Crippen molar-refractivity contribution < 1.29 is 0 Å². The fourth-order valence-electron chi connectivity index (χ4n) is 3.00. The van der Waals surface area contributed by atoms with E-state index in [0.29, 0.717) is 5.92 Å². The minimum Gasteiger partial charge on any atom is -0.326 e. The van der Waals surface area contributed by atoms with E-state index in [1.165, 1.54) is 5.56 Å². The first-order chi connectivity index (χ1) is 10.0. The highest BCUT2D eigenvalue weighted by molar-refractivity contribution is 6.33. The van der Waals surface area contributed by atoms with E-state index < -0.39 is 0 Å². The smallest absolute Gasteiger partial charge is 0.0983 e. The zero-order valence-electron chi connectivity index (χ0n) is 12.9. The number of halogens is 2. The van der Waals surface area contributed by atoms with Gasteiger partial charge < -0.3 is 5.73 Å². The summed E-state index contributed by atoms with van der Waals surface area (Å²) >= 11 is 6.32. The van der Waals surface area contributed by atoms with Crippen molar-refractivity contribution in [3.63, 3.8) is 0 Å². The van der Waals surface area contributed by atoms with Gasteiger partial charge >= 0.3 is 0 Å². The Morgan fingerprint density at radius 2 is 2.05 bits per heavy atom. The van der Waals surface area contributed by atoms with Gasteiger partial charge in [0, 0.05) is 50.0 Å². The molecule has 4 nitrogen and oxygen atoms in total. The number of benzene rings is 1. The van der Waals surface area contributed by atoms with E-state index in [9.17, 15) is 0 Å². The first-order valence-electron chi connectivity index (χ1n) is 7.30. The van der Waals surface area contributed by atoms with Crippen LogP contribution in [-0.4, -0.2) is 33.8 Å². The van der Waals surface area contributed by atoms with E-state index in [1.807, 2.05) is 36.0 Å². The van der Waals surface area contributed by atoms with E-state index in [-0.39, 0.29) is 18.4 Å². The van der Waals surface area contributed by atoms with Gasteiger partial charge in [-0.3, -0.25) is 9.58 Å². The second-order valence-corrected chi connectivity index (χ2v) is 6.40. The monoisotopic (exact) mass is 340 g/mol. The van der Waals surface area contributed by atoms with Gasteiger partial charge in [-0.05, 0) is 12.0 Å². The van der Waals surface area contributed by atoms with E-state index in [2.05, 4.69) is 23.1 Å². The molecule has 0 radical (unpaired) electrons. The highest BCUT2D eigenvalue weighted by Crippen LogP contribution is 2.30. The molecule has 0 bridgehead atoms. The van der Waals surface area contributed by atoms with Gasteiger partial charge in [0.15, 0.2) is 0 Å². The van der Waals surface area contributed by atoms with Gasteiger partial charge in [0.2, 0.25) is 0 Å². The van der Waals surface area contributed by atoms with Crippen LogP contribution in [0.5, 0.6) is 0 Å². The lowest BCUT2D eigenvalue weighted by Crippen LogP contribution is -2.28. The van der Waals surface area contributed by atoms with Crippen LogP contribution in [0.1, 0.15) is 12.5 Å². The quantitative estimate of drug-likeness (QED) is 0.934. The van der Waals surface area contributed by atoms with Crippen LogP contribution in [0.2, 0.25) is 5.02 Å². The van der Waals surface area contributed by atoms with Crippen LogP contribution in [0, 0.1) is 5.92 Å². The number of aryl methyl sites for hydroxylation is 1. The van der Waals surface area contributed by atoms with Crippen molar-refractivity contribution in [1.82, 2.24) is 14.7 Å². The summed E-state index contributed by atoms with van der Waals surface area (Å²) in [4.78, 5) is 2.40. The first-order valence-corrected chi connectivity index (χ1v) is 7.67. The molecule has 2 N–H and O–H groups in total. The van der Waals surface area contributed by atoms with Gasteiger partial charge in [-0.1, -0.05) is 36.7 Å². The summed E-state index contributed by atoms with van der Waals surface area (Å²) in [5.74, 6) is 0.547. The number of rotatable bonds is 3. The van der Waals surface area contributed by atoms with Gasteiger partial charge in [0.05, 0.1) is 10.7 Å². The van der Waals surface area contributed by atoms with Crippen LogP contribution in [0.3, 0.4) is 0 Å². The summed E-state index contributed by atoms with van der Waals surface area (Å²) in [6.45, 7) is 5.06. The Labute approximate surface area is 142 Å². The Balaban J connectivity index is 0.00000176. The number of aromatic nitrogens is 2. The van der Waals surface area contributed by atoms with Gasteiger partial charge in [0.25, 0.3) is 0 Å². The van der Waals surface area contributed by atoms with Gasteiger partial charge in [-0.15, -0.1) is 12.4 Å². The molecule has 2 heterocycles. The van der Waals surface area contributed by atoms with Gasteiger partial charge in [0.1, 0.15) is 0 Å². The zero-order valence-corrected chi connectivity index (χ0v) is 14.4. The molecule has 2 atom stereocenters. The number of nitrogens with two attached hydrogens (primary N) is 1. The summed E-state index contributed by atoms with van der Waals surface area (Å²) in [6.07, 6.45) is 2.08. The molecular weight excluding hydrogens is 319 g/mol. The molecule has 0 spiro atoms. The Morgan fingerprint density at radius 3 is 2.68 bits per heavy atom. The number of hydrogen-bond acceptors (Lipinski definition) is 3. The van der Waals surface area contributed by atoms with Crippen molar-refractivity contribution in [1.29, 1.82) is 0 Å². The largest absolute Gasteiger partial charge is 0.326 e. The van der Waals surface area contributed by atoms with Crippen LogP contribution < -0.4 is 5.73 Å². The minimum atomic E-state index is 0. The lowest BCUT2D eigenvalue weighted by Gasteiger charge is -2.15. The van der Waals surface area contributed by atoms with E-state index in [0.717, 1.165) is 35.9 Å². The summed E-state index contributed by atoms with van der Waals surface area (Å²) in [5.41, 5.74) is 9.28. The number of hydrogen-bond donors (Lipinski definition) is 1. The summed E-state index contributed by atoms with van der Waals surface area (Å²) in [7, 11) is 1.95. The van der Waals surface area contributed by atoms with E-state index in [4.69, 9.17) is 17.3 Å². The Hall–Kier alpha value is -1.07. The Kier molecular flexibility index (Phi) is 5.50. The molecule has 1 aromatic carbocycles. The third kappa shape index (κ3) is 3.46. The molecule has 1 fully saturated rings. The second kappa shape index (κ2) is 7.01. The number of nitrogens with zero attached hydrogens (tertiary/aromatic N) is 3. The molecule has 22 heavy (non-hydrogen) atoms. The maximum absolute atomic E-state index is 6.32. The van der Waals surface area contributed by atoms with Gasteiger partial charge in [-0.25, -0.2) is 0 Å². The predicted molar refractivity (Wildman–Crippen MR) is 93.3 cm³/mol. The molecule has 2 unspecified atom stereocenters. The normalized spacial score (nSPS) is 21.8. The van der Waals surface area contributed by atoms with Crippen LogP contribution in [0.25, 0.3) is 11.3 Å². The third-order valence-corrected chi connectivity index (χ3v) is 4.50. The summed E-state index contributed by atoms with van der Waals surface area (Å²) in [5, 5.41) is 5.34. The van der Waals surface area contributed by atoms with E-state index >= 15 is 0 Å². The van der Waals surface area contributed by atoms with Crippen molar-refractivity contribution >= 4 is 24.0 Å². The molecule has 0 saturated carbocycles. The molecule has 120 valence electrons. The maximum atomic E-state index is 6.32. The third-order valence-electron chi connectivity index (χ3n) is 4.17. The maximum Gasteiger partial charge on any atom is 0.0983 e. The molecular formula is C16H22Cl2N4. The van der Waals surface area contributed by atoms with Crippen molar-refractivity contribution in [2.75, 3.05) is 13.1 Å². The molecule has 0 amide bonds. The van der Waals surface area contributed by atoms with Crippen molar-refractivity contribution in [3.8, 4) is 11.3 Å². The molecule has 1 aliphatic rings. The molecule has 1 aliphatic heterocycles. The minimum absolute atomic E-state index is 0. The number of likely N-dealkylation sites (tertiary alicyclic amines) is 1.